The second kappa shape index (κ2) is 5.99. The molecule has 2 rings (SSSR count). The first-order valence-electron chi connectivity index (χ1n) is 6.14. The van der Waals surface area contributed by atoms with Gasteiger partial charge < -0.3 is 5.32 Å². The minimum Gasteiger partial charge on any atom is -0.316 e. The molecule has 0 unspecified atom stereocenters. The summed E-state index contributed by atoms with van der Waals surface area (Å²) in [6, 6.07) is 11.2. The normalized spacial score (nSPS) is 10.7. The van der Waals surface area contributed by atoms with Crippen molar-refractivity contribution in [3.8, 4) is 10.4 Å². The zero-order valence-corrected chi connectivity index (χ0v) is 11.3. The molecule has 0 saturated carbocycles. The number of hydrogen-bond acceptors (Lipinski definition) is 2. The summed E-state index contributed by atoms with van der Waals surface area (Å²) >= 11 is 1.82. The lowest BCUT2D eigenvalue weighted by Gasteiger charge is -2.01. The number of thiophene rings is 1. The molecule has 0 aliphatic carbocycles. The van der Waals surface area contributed by atoms with E-state index < -0.39 is 0 Å². The van der Waals surface area contributed by atoms with Crippen LogP contribution in [0.1, 0.15) is 24.5 Å². The molecule has 0 spiro atoms. The third-order valence-corrected chi connectivity index (χ3v) is 3.84. The van der Waals surface area contributed by atoms with Crippen LogP contribution in [0, 0.1) is 0 Å². The SMILES string of the molecule is CCCc1ccc(-c2cc(CNC)cs2)cc1. The molecule has 1 aromatic heterocycles. The first kappa shape index (κ1) is 12.3. The highest BCUT2D eigenvalue weighted by Gasteiger charge is 2.02. The van der Waals surface area contributed by atoms with Crippen molar-refractivity contribution in [2.75, 3.05) is 7.05 Å². The predicted octanol–water partition coefficient (Wildman–Crippen LogP) is 4.09. The van der Waals surface area contributed by atoms with Crippen molar-refractivity contribution in [1.29, 1.82) is 0 Å². The largest absolute Gasteiger partial charge is 0.316 e. The van der Waals surface area contributed by atoms with Crippen LogP contribution in [-0.2, 0) is 13.0 Å². The van der Waals surface area contributed by atoms with Gasteiger partial charge >= 0.3 is 0 Å². The maximum absolute atomic E-state index is 3.18. The molecule has 90 valence electrons. The van der Waals surface area contributed by atoms with Gasteiger partial charge in [0.1, 0.15) is 0 Å². The van der Waals surface area contributed by atoms with Crippen LogP contribution < -0.4 is 5.32 Å². The number of hydrogen-bond donors (Lipinski definition) is 1. The van der Waals surface area contributed by atoms with Crippen molar-refractivity contribution >= 4 is 11.3 Å². The molecule has 2 aromatic rings. The van der Waals surface area contributed by atoms with E-state index in [1.54, 1.807) is 0 Å². The highest BCUT2D eigenvalue weighted by atomic mass is 32.1. The van der Waals surface area contributed by atoms with Crippen molar-refractivity contribution in [3.05, 3.63) is 46.8 Å². The van der Waals surface area contributed by atoms with E-state index in [-0.39, 0.29) is 0 Å². The maximum Gasteiger partial charge on any atom is 0.0346 e. The Hall–Kier alpha value is -1.12. The van der Waals surface area contributed by atoms with Gasteiger partial charge in [-0.3, -0.25) is 0 Å². The van der Waals surface area contributed by atoms with E-state index in [9.17, 15) is 0 Å². The molecule has 0 aliphatic rings. The molecule has 1 N–H and O–H groups in total. The van der Waals surface area contributed by atoms with E-state index >= 15 is 0 Å². The first-order valence-corrected chi connectivity index (χ1v) is 7.02. The number of rotatable bonds is 5. The van der Waals surface area contributed by atoms with Crippen LogP contribution in [0.2, 0.25) is 0 Å². The number of benzene rings is 1. The summed E-state index contributed by atoms with van der Waals surface area (Å²) in [5.41, 5.74) is 4.13. The topological polar surface area (TPSA) is 12.0 Å². The summed E-state index contributed by atoms with van der Waals surface area (Å²) in [5, 5.41) is 5.41. The molecule has 1 heterocycles. The zero-order valence-electron chi connectivity index (χ0n) is 10.5. The van der Waals surface area contributed by atoms with E-state index in [1.165, 1.54) is 34.4 Å². The van der Waals surface area contributed by atoms with E-state index in [0.29, 0.717) is 0 Å². The highest BCUT2D eigenvalue weighted by molar-refractivity contribution is 7.13. The minimum absolute atomic E-state index is 0.949. The lowest BCUT2D eigenvalue weighted by molar-refractivity contribution is 0.821. The summed E-state index contributed by atoms with van der Waals surface area (Å²) < 4.78 is 0. The number of nitrogens with one attached hydrogen (secondary N) is 1. The van der Waals surface area contributed by atoms with E-state index in [1.807, 2.05) is 18.4 Å². The summed E-state index contributed by atoms with van der Waals surface area (Å²) in [7, 11) is 1.98. The zero-order chi connectivity index (χ0) is 12.1. The third kappa shape index (κ3) is 3.18. The van der Waals surface area contributed by atoms with Gasteiger partial charge in [-0.05, 0) is 41.6 Å². The molecule has 0 aliphatic heterocycles. The molecule has 0 atom stereocenters. The summed E-state index contributed by atoms with van der Waals surface area (Å²) in [6.07, 6.45) is 2.39. The molecule has 0 bridgehead atoms. The fourth-order valence-corrected chi connectivity index (χ4v) is 2.87. The average Bonchev–Trinajstić information content (AvgIpc) is 2.80. The van der Waals surface area contributed by atoms with Crippen molar-refractivity contribution in [2.24, 2.45) is 0 Å². The Morgan fingerprint density at radius 3 is 2.53 bits per heavy atom. The quantitative estimate of drug-likeness (QED) is 0.836. The van der Waals surface area contributed by atoms with Crippen LogP contribution in [-0.4, -0.2) is 7.05 Å². The molecule has 0 fully saturated rings. The molecule has 0 amide bonds. The molecule has 0 saturated heterocycles. The van der Waals surface area contributed by atoms with Crippen molar-refractivity contribution in [3.63, 3.8) is 0 Å². The summed E-state index contributed by atoms with van der Waals surface area (Å²) in [4.78, 5) is 1.36. The Balaban J connectivity index is 2.15. The van der Waals surface area contributed by atoms with Crippen LogP contribution in [0.5, 0.6) is 0 Å². The smallest absolute Gasteiger partial charge is 0.0346 e. The average molecular weight is 245 g/mol. The first-order chi connectivity index (χ1) is 8.33. The van der Waals surface area contributed by atoms with Gasteiger partial charge in [0.15, 0.2) is 0 Å². The fourth-order valence-electron chi connectivity index (χ4n) is 1.95. The Morgan fingerprint density at radius 2 is 1.88 bits per heavy atom. The Kier molecular flexibility index (Phi) is 4.35. The van der Waals surface area contributed by atoms with Gasteiger partial charge in [0.25, 0.3) is 0 Å². The molecular weight excluding hydrogens is 226 g/mol. The Bertz CT molecular complexity index is 456. The second-order valence-electron chi connectivity index (χ2n) is 4.30. The van der Waals surface area contributed by atoms with Gasteiger partial charge in [0, 0.05) is 11.4 Å². The predicted molar refractivity (Wildman–Crippen MR) is 76.5 cm³/mol. The van der Waals surface area contributed by atoms with Crippen LogP contribution in [0.25, 0.3) is 10.4 Å². The number of aryl methyl sites for hydroxylation is 1. The molecule has 0 radical (unpaired) electrons. The monoisotopic (exact) mass is 245 g/mol. The van der Waals surface area contributed by atoms with Gasteiger partial charge in [-0.2, -0.15) is 0 Å². The van der Waals surface area contributed by atoms with Crippen molar-refractivity contribution < 1.29 is 0 Å². The molecule has 1 nitrogen and oxygen atoms in total. The van der Waals surface area contributed by atoms with E-state index in [4.69, 9.17) is 0 Å². The minimum atomic E-state index is 0.949. The van der Waals surface area contributed by atoms with Crippen LogP contribution in [0.4, 0.5) is 0 Å². The van der Waals surface area contributed by atoms with Gasteiger partial charge in [-0.25, -0.2) is 0 Å². The lowest BCUT2D eigenvalue weighted by Crippen LogP contribution is -2.03. The summed E-state index contributed by atoms with van der Waals surface area (Å²) in [5.74, 6) is 0. The van der Waals surface area contributed by atoms with Gasteiger partial charge in [-0.15, -0.1) is 11.3 Å². The van der Waals surface area contributed by atoms with Crippen LogP contribution in [0.3, 0.4) is 0 Å². The van der Waals surface area contributed by atoms with Crippen LogP contribution in [0.15, 0.2) is 35.7 Å². The summed E-state index contributed by atoms with van der Waals surface area (Å²) in [6.45, 7) is 3.17. The molecule has 1 aromatic carbocycles. The van der Waals surface area contributed by atoms with Crippen molar-refractivity contribution in [2.45, 2.75) is 26.3 Å². The standard InChI is InChI=1S/C15H19NS/c1-3-4-12-5-7-14(8-6-12)15-9-13(10-16-2)11-17-15/h5-9,11,16H,3-4,10H2,1-2H3. The van der Waals surface area contributed by atoms with E-state index in [2.05, 4.69) is 48.0 Å². The Morgan fingerprint density at radius 1 is 1.12 bits per heavy atom. The molecule has 17 heavy (non-hydrogen) atoms. The van der Waals surface area contributed by atoms with E-state index in [0.717, 1.165) is 6.54 Å². The van der Waals surface area contributed by atoms with Gasteiger partial charge in [0.05, 0.1) is 0 Å². The van der Waals surface area contributed by atoms with Gasteiger partial charge in [0.2, 0.25) is 0 Å². The third-order valence-electron chi connectivity index (χ3n) is 2.81. The maximum atomic E-state index is 3.18. The fraction of sp³-hybridized carbons (Fsp3) is 0.333. The van der Waals surface area contributed by atoms with Gasteiger partial charge in [-0.1, -0.05) is 37.6 Å². The Labute approximate surface area is 108 Å². The second-order valence-corrected chi connectivity index (χ2v) is 5.21. The van der Waals surface area contributed by atoms with Crippen LogP contribution >= 0.6 is 11.3 Å². The van der Waals surface area contributed by atoms with Crippen molar-refractivity contribution in [1.82, 2.24) is 5.32 Å². The lowest BCUT2D eigenvalue weighted by atomic mass is 10.1. The highest BCUT2D eigenvalue weighted by Crippen LogP contribution is 2.27. The molecule has 2 heteroatoms. The molecular formula is C15H19NS.